The number of ether oxygens (including phenoxy) is 1. The van der Waals surface area contributed by atoms with E-state index in [0.717, 1.165) is 38.3 Å². The summed E-state index contributed by atoms with van der Waals surface area (Å²) in [7, 11) is 3.81. The molecule has 1 aromatic heterocycles. The lowest BCUT2D eigenvalue weighted by molar-refractivity contribution is 0.0948. The zero-order chi connectivity index (χ0) is 19.8. The van der Waals surface area contributed by atoms with Crippen LogP contribution >= 0.6 is 0 Å². The minimum absolute atomic E-state index is 0.105. The van der Waals surface area contributed by atoms with Crippen LogP contribution in [0.1, 0.15) is 16.8 Å². The molecular weight excluding hydrogens is 354 g/mol. The average Bonchev–Trinajstić information content (AvgIpc) is 2.72. The molecular formula is C21H29N5O2. The van der Waals surface area contributed by atoms with Crippen LogP contribution in [0.2, 0.25) is 0 Å². The first-order chi connectivity index (χ1) is 13.7. The number of amides is 1. The van der Waals surface area contributed by atoms with E-state index in [1.807, 2.05) is 12.1 Å². The smallest absolute Gasteiger partial charge is 0.251 e. The molecule has 2 aromatic rings. The molecule has 1 fully saturated rings. The first-order valence-electron chi connectivity index (χ1n) is 9.69. The SMILES string of the molecule is COCCCNC(=O)c1ccnc(Nc2ccc(N3CCN(C)CC3)cc2)c1. The molecule has 3 rings (SSSR count). The van der Waals surface area contributed by atoms with Gasteiger partial charge >= 0.3 is 0 Å². The summed E-state index contributed by atoms with van der Waals surface area (Å²) in [4.78, 5) is 21.3. The lowest BCUT2D eigenvalue weighted by atomic mass is 10.2. The predicted molar refractivity (Wildman–Crippen MR) is 112 cm³/mol. The molecule has 150 valence electrons. The topological polar surface area (TPSA) is 69.7 Å². The van der Waals surface area contributed by atoms with Crippen molar-refractivity contribution in [3.8, 4) is 0 Å². The Morgan fingerprint density at radius 2 is 1.89 bits per heavy atom. The largest absolute Gasteiger partial charge is 0.385 e. The van der Waals surface area contributed by atoms with E-state index >= 15 is 0 Å². The molecule has 2 N–H and O–H groups in total. The van der Waals surface area contributed by atoms with Crippen molar-refractivity contribution in [1.29, 1.82) is 0 Å². The van der Waals surface area contributed by atoms with Crippen molar-refractivity contribution >= 4 is 23.1 Å². The zero-order valence-corrected chi connectivity index (χ0v) is 16.6. The number of methoxy groups -OCH3 is 1. The Balaban J connectivity index is 1.57. The molecule has 28 heavy (non-hydrogen) atoms. The highest BCUT2D eigenvalue weighted by Crippen LogP contribution is 2.21. The molecule has 1 aromatic carbocycles. The molecule has 2 heterocycles. The van der Waals surface area contributed by atoms with E-state index in [1.54, 1.807) is 25.4 Å². The van der Waals surface area contributed by atoms with Crippen LogP contribution in [-0.4, -0.2) is 69.3 Å². The third kappa shape index (κ3) is 5.68. The van der Waals surface area contributed by atoms with Crippen LogP contribution in [0.3, 0.4) is 0 Å². The molecule has 0 radical (unpaired) electrons. The van der Waals surface area contributed by atoms with Gasteiger partial charge in [-0.25, -0.2) is 4.98 Å². The van der Waals surface area contributed by atoms with E-state index < -0.39 is 0 Å². The molecule has 0 spiro atoms. The quantitative estimate of drug-likeness (QED) is 0.682. The molecule has 7 nitrogen and oxygen atoms in total. The number of rotatable bonds is 8. The van der Waals surface area contributed by atoms with Crippen molar-refractivity contribution in [2.75, 3.05) is 63.7 Å². The van der Waals surface area contributed by atoms with Gasteiger partial charge in [-0.05, 0) is 49.9 Å². The molecule has 1 amide bonds. The summed E-state index contributed by atoms with van der Waals surface area (Å²) in [5, 5.41) is 6.16. The summed E-state index contributed by atoms with van der Waals surface area (Å²) < 4.78 is 4.99. The lowest BCUT2D eigenvalue weighted by Crippen LogP contribution is -2.44. The van der Waals surface area contributed by atoms with Gasteiger partial charge in [-0.3, -0.25) is 4.79 Å². The van der Waals surface area contributed by atoms with Crippen molar-refractivity contribution in [3.63, 3.8) is 0 Å². The molecule has 0 aliphatic carbocycles. The number of nitrogens with one attached hydrogen (secondary N) is 2. The second-order valence-corrected chi connectivity index (χ2v) is 6.99. The fourth-order valence-corrected chi connectivity index (χ4v) is 3.13. The summed E-state index contributed by atoms with van der Waals surface area (Å²) in [5.74, 6) is 0.545. The Morgan fingerprint density at radius 3 is 2.61 bits per heavy atom. The van der Waals surface area contributed by atoms with Gasteiger partial charge in [-0.2, -0.15) is 0 Å². The normalized spacial score (nSPS) is 14.7. The molecule has 0 atom stereocenters. The van der Waals surface area contributed by atoms with E-state index in [2.05, 4.69) is 44.6 Å². The third-order valence-corrected chi connectivity index (χ3v) is 4.84. The van der Waals surface area contributed by atoms with E-state index in [0.29, 0.717) is 24.5 Å². The Hall–Kier alpha value is -2.64. The van der Waals surface area contributed by atoms with Crippen LogP contribution in [0.25, 0.3) is 0 Å². The van der Waals surface area contributed by atoms with Gasteiger partial charge in [0.05, 0.1) is 0 Å². The van der Waals surface area contributed by atoms with Crippen LogP contribution in [-0.2, 0) is 4.74 Å². The Bertz CT molecular complexity index is 758. The number of likely N-dealkylation sites (N-methyl/N-ethyl adjacent to an activating group) is 1. The summed E-state index contributed by atoms with van der Waals surface area (Å²) in [6.07, 6.45) is 2.43. The lowest BCUT2D eigenvalue weighted by Gasteiger charge is -2.34. The van der Waals surface area contributed by atoms with Crippen molar-refractivity contribution in [2.24, 2.45) is 0 Å². The Labute approximate surface area is 166 Å². The number of carbonyl (C=O) groups is 1. The third-order valence-electron chi connectivity index (χ3n) is 4.84. The first-order valence-corrected chi connectivity index (χ1v) is 9.69. The highest BCUT2D eigenvalue weighted by atomic mass is 16.5. The second kappa shape index (κ2) is 10.1. The number of aromatic nitrogens is 1. The van der Waals surface area contributed by atoms with Gasteiger partial charge in [0.2, 0.25) is 0 Å². The number of hydrogen-bond acceptors (Lipinski definition) is 6. The van der Waals surface area contributed by atoms with Gasteiger partial charge in [0.25, 0.3) is 5.91 Å². The number of piperazine rings is 1. The van der Waals surface area contributed by atoms with Crippen LogP contribution < -0.4 is 15.5 Å². The maximum atomic E-state index is 12.2. The molecule has 0 saturated carbocycles. The van der Waals surface area contributed by atoms with Gasteiger partial charge in [-0.15, -0.1) is 0 Å². The maximum Gasteiger partial charge on any atom is 0.251 e. The number of carbonyl (C=O) groups excluding carboxylic acids is 1. The molecule has 7 heteroatoms. The number of nitrogens with zero attached hydrogens (tertiary/aromatic N) is 3. The molecule has 1 saturated heterocycles. The monoisotopic (exact) mass is 383 g/mol. The van der Waals surface area contributed by atoms with Gasteiger partial charge in [-0.1, -0.05) is 0 Å². The molecule has 1 aliphatic heterocycles. The summed E-state index contributed by atoms with van der Waals surface area (Å²) in [5.41, 5.74) is 2.77. The summed E-state index contributed by atoms with van der Waals surface area (Å²) in [6, 6.07) is 11.8. The predicted octanol–water partition coefficient (Wildman–Crippen LogP) is 2.34. The highest BCUT2D eigenvalue weighted by Gasteiger charge is 2.14. The minimum Gasteiger partial charge on any atom is -0.385 e. The van der Waals surface area contributed by atoms with Crippen LogP contribution in [0.5, 0.6) is 0 Å². The van der Waals surface area contributed by atoms with Crippen LogP contribution in [0.4, 0.5) is 17.2 Å². The van der Waals surface area contributed by atoms with Crippen LogP contribution in [0.15, 0.2) is 42.6 Å². The average molecular weight is 383 g/mol. The minimum atomic E-state index is -0.105. The summed E-state index contributed by atoms with van der Waals surface area (Å²) >= 11 is 0. The van der Waals surface area contributed by atoms with Gasteiger partial charge in [0.15, 0.2) is 0 Å². The van der Waals surface area contributed by atoms with Crippen molar-refractivity contribution in [1.82, 2.24) is 15.2 Å². The fraction of sp³-hybridized carbons (Fsp3) is 0.429. The van der Waals surface area contributed by atoms with E-state index in [9.17, 15) is 4.79 Å². The first kappa shape index (κ1) is 20.1. The van der Waals surface area contributed by atoms with Crippen LogP contribution in [0, 0.1) is 0 Å². The molecule has 0 bridgehead atoms. The fourth-order valence-electron chi connectivity index (χ4n) is 3.13. The molecule has 1 aliphatic rings. The summed E-state index contributed by atoms with van der Waals surface area (Å²) in [6.45, 7) is 5.49. The van der Waals surface area contributed by atoms with E-state index in [4.69, 9.17) is 4.74 Å². The second-order valence-electron chi connectivity index (χ2n) is 6.99. The van der Waals surface area contributed by atoms with Gasteiger partial charge in [0.1, 0.15) is 5.82 Å². The Morgan fingerprint density at radius 1 is 1.14 bits per heavy atom. The van der Waals surface area contributed by atoms with E-state index in [-0.39, 0.29) is 5.91 Å². The van der Waals surface area contributed by atoms with Crippen molar-refractivity contribution < 1.29 is 9.53 Å². The van der Waals surface area contributed by atoms with Crippen molar-refractivity contribution in [3.05, 3.63) is 48.2 Å². The number of hydrogen-bond donors (Lipinski definition) is 2. The van der Waals surface area contributed by atoms with E-state index in [1.165, 1.54) is 5.69 Å². The Kier molecular flexibility index (Phi) is 7.22. The molecule has 0 unspecified atom stereocenters. The van der Waals surface area contributed by atoms with Gasteiger partial charge < -0.3 is 25.2 Å². The maximum absolute atomic E-state index is 12.2. The zero-order valence-electron chi connectivity index (χ0n) is 16.6. The highest BCUT2D eigenvalue weighted by molar-refractivity contribution is 5.94. The number of benzene rings is 1. The number of pyridine rings is 1. The van der Waals surface area contributed by atoms with Crippen molar-refractivity contribution in [2.45, 2.75) is 6.42 Å². The van der Waals surface area contributed by atoms with Gasteiger partial charge in [0, 0.05) is 69.6 Å². The standard InChI is InChI=1S/C21H29N5O2/c1-25-11-13-26(14-12-25)19-6-4-18(5-7-19)24-20-16-17(8-10-22-20)21(27)23-9-3-15-28-2/h4-8,10,16H,3,9,11-15H2,1-2H3,(H,22,24)(H,23,27). The number of anilines is 3.